The monoisotopic (exact) mass is 457 g/mol. The number of aromatic amines is 1. The van der Waals surface area contributed by atoms with Crippen LogP contribution in [0.3, 0.4) is 0 Å². The molecule has 10 nitrogen and oxygen atoms in total. The van der Waals surface area contributed by atoms with Gasteiger partial charge in [0.05, 0.1) is 18.2 Å². The van der Waals surface area contributed by atoms with Crippen LogP contribution in [0.4, 0.5) is 0 Å². The number of hydrogen-bond donors (Lipinski definition) is 3. The Morgan fingerprint density at radius 1 is 1.29 bits per heavy atom. The molecule has 10 heteroatoms. The number of carbonyl (C=O) groups is 1. The zero-order chi connectivity index (χ0) is 23.7. The predicted octanol–water partition coefficient (Wildman–Crippen LogP) is 2.68. The Kier molecular flexibility index (Phi) is 5.55. The molecule has 1 aliphatic rings. The molecule has 0 spiro atoms. The van der Waals surface area contributed by atoms with Gasteiger partial charge in [0.1, 0.15) is 23.4 Å². The van der Waals surface area contributed by atoms with Gasteiger partial charge in [0.25, 0.3) is 5.91 Å². The molecule has 4 aromatic heterocycles. The van der Waals surface area contributed by atoms with Gasteiger partial charge in [0.2, 0.25) is 0 Å². The van der Waals surface area contributed by atoms with E-state index in [9.17, 15) is 4.79 Å². The second kappa shape index (κ2) is 8.68. The number of pyridine rings is 1. The number of H-pyrrole nitrogens is 1. The highest BCUT2D eigenvalue weighted by Gasteiger charge is 2.40. The molecule has 1 atom stereocenters. The highest BCUT2D eigenvalue weighted by Crippen LogP contribution is 2.46. The Bertz CT molecular complexity index is 1430. The zero-order valence-corrected chi connectivity index (χ0v) is 18.8. The fourth-order valence-electron chi connectivity index (χ4n) is 3.50. The summed E-state index contributed by atoms with van der Waals surface area (Å²) in [6.07, 6.45) is 3.90. The molecule has 3 N–H and O–H groups in total. The molecule has 1 fully saturated rings. The van der Waals surface area contributed by atoms with E-state index >= 15 is 0 Å². The van der Waals surface area contributed by atoms with Crippen molar-refractivity contribution in [3.05, 3.63) is 53.4 Å². The molecule has 1 amide bonds. The second-order valence-electron chi connectivity index (χ2n) is 8.59. The van der Waals surface area contributed by atoms with Crippen LogP contribution in [0.5, 0.6) is 0 Å². The number of carbonyl (C=O) groups excluding carboxylic acids is 1. The van der Waals surface area contributed by atoms with Crippen molar-refractivity contribution in [1.82, 2.24) is 35.4 Å². The number of aromatic nitrogens is 6. The first-order valence-electron chi connectivity index (χ1n) is 11.0. The largest absolute Gasteiger partial charge is 0.395 e. The Labute approximate surface area is 195 Å². The average molecular weight is 457 g/mol. The van der Waals surface area contributed by atoms with Crippen molar-refractivity contribution in [1.29, 1.82) is 0 Å². The standard InChI is InChI=1S/C24H23N7O3/c1-14(27-23(33)18-11-15(25-13-26-18)5-3-4-10-32)19-12-17(31-34-19)22-28-16-6-7-20(24(2)8-9-24)29-21(16)30-22/h6-7,11-14,32H,4,8-10H2,1-2H3,(H,27,33)(H,28,29,30). The molecule has 5 rings (SSSR count). The Morgan fingerprint density at radius 2 is 2.15 bits per heavy atom. The third-order valence-corrected chi connectivity index (χ3v) is 5.86. The number of fused-ring (bicyclic) bond motifs is 1. The Morgan fingerprint density at radius 3 is 2.94 bits per heavy atom. The Hall–Kier alpha value is -4.10. The van der Waals surface area contributed by atoms with Gasteiger partial charge in [0.15, 0.2) is 17.2 Å². The molecule has 172 valence electrons. The number of imidazole rings is 1. The third-order valence-electron chi connectivity index (χ3n) is 5.86. The topological polar surface area (TPSA) is 143 Å². The van der Waals surface area contributed by atoms with Crippen molar-refractivity contribution in [2.45, 2.75) is 44.6 Å². The minimum Gasteiger partial charge on any atom is -0.395 e. The number of aliphatic hydroxyl groups excluding tert-OH is 1. The number of nitrogens with one attached hydrogen (secondary N) is 2. The van der Waals surface area contributed by atoms with E-state index < -0.39 is 11.9 Å². The van der Waals surface area contributed by atoms with E-state index in [1.165, 1.54) is 12.4 Å². The first-order chi connectivity index (χ1) is 16.4. The second-order valence-corrected chi connectivity index (χ2v) is 8.59. The summed E-state index contributed by atoms with van der Waals surface area (Å²) >= 11 is 0. The minimum absolute atomic E-state index is 0.0346. The van der Waals surface area contributed by atoms with Crippen molar-refractivity contribution in [3.63, 3.8) is 0 Å². The fraction of sp³-hybridized carbons (Fsp3) is 0.333. The number of nitrogens with zero attached hydrogens (tertiary/aromatic N) is 5. The summed E-state index contributed by atoms with van der Waals surface area (Å²) in [7, 11) is 0. The molecule has 1 saturated carbocycles. The van der Waals surface area contributed by atoms with Crippen molar-refractivity contribution < 1.29 is 14.4 Å². The molecule has 34 heavy (non-hydrogen) atoms. The lowest BCUT2D eigenvalue weighted by Gasteiger charge is -2.09. The quantitative estimate of drug-likeness (QED) is 0.375. The lowest BCUT2D eigenvalue weighted by molar-refractivity contribution is 0.0928. The van der Waals surface area contributed by atoms with Crippen LogP contribution < -0.4 is 5.32 Å². The van der Waals surface area contributed by atoms with E-state index in [-0.39, 0.29) is 17.7 Å². The van der Waals surface area contributed by atoms with E-state index in [0.29, 0.717) is 35.0 Å². The first kappa shape index (κ1) is 21.7. The van der Waals surface area contributed by atoms with Crippen LogP contribution in [0.1, 0.15) is 66.8 Å². The van der Waals surface area contributed by atoms with Crippen LogP contribution in [-0.4, -0.2) is 47.7 Å². The number of hydrogen-bond acceptors (Lipinski definition) is 8. The molecule has 0 aromatic carbocycles. The molecular weight excluding hydrogens is 434 g/mol. The summed E-state index contributed by atoms with van der Waals surface area (Å²) in [5, 5.41) is 15.8. The van der Waals surface area contributed by atoms with Gasteiger partial charge in [-0.15, -0.1) is 0 Å². The fourth-order valence-corrected chi connectivity index (χ4v) is 3.50. The smallest absolute Gasteiger partial charge is 0.270 e. The summed E-state index contributed by atoms with van der Waals surface area (Å²) in [6.45, 7) is 3.96. The SMILES string of the molecule is CC(NC(=O)c1cc(C#CCCO)ncn1)c1cc(-c2nc3nc(C4(C)CC4)ccc3[nH]2)no1. The van der Waals surface area contributed by atoms with Gasteiger partial charge >= 0.3 is 0 Å². The lowest BCUT2D eigenvalue weighted by Crippen LogP contribution is -2.27. The van der Waals surface area contributed by atoms with E-state index in [0.717, 1.165) is 24.1 Å². The normalized spacial score (nSPS) is 14.9. The molecule has 0 radical (unpaired) electrons. The maximum Gasteiger partial charge on any atom is 0.270 e. The van der Waals surface area contributed by atoms with Crippen LogP contribution in [-0.2, 0) is 5.41 Å². The van der Waals surface area contributed by atoms with Gasteiger partial charge in [-0.3, -0.25) is 4.79 Å². The van der Waals surface area contributed by atoms with E-state index in [1.54, 1.807) is 13.0 Å². The van der Waals surface area contributed by atoms with Gasteiger partial charge in [-0.25, -0.2) is 19.9 Å². The van der Waals surface area contributed by atoms with Crippen LogP contribution >= 0.6 is 0 Å². The molecule has 1 aliphatic carbocycles. The Balaban J connectivity index is 1.29. The molecule has 1 unspecified atom stereocenters. The molecule has 4 aromatic rings. The zero-order valence-electron chi connectivity index (χ0n) is 18.8. The van der Waals surface area contributed by atoms with Crippen LogP contribution in [0.15, 0.2) is 35.1 Å². The lowest BCUT2D eigenvalue weighted by atomic mass is 10.1. The molecule has 0 saturated heterocycles. The first-order valence-corrected chi connectivity index (χ1v) is 11.0. The summed E-state index contributed by atoms with van der Waals surface area (Å²) < 4.78 is 5.47. The van der Waals surface area contributed by atoms with Crippen LogP contribution in [0.25, 0.3) is 22.7 Å². The summed E-state index contributed by atoms with van der Waals surface area (Å²) in [6, 6.07) is 6.80. The summed E-state index contributed by atoms with van der Waals surface area (Å²) in [5.74, 6) is 6.18. The third kappa shape index (κ3) is 4.38. The molecule has 0 aliphatic heterocycles. The van der Waals surface area contributed by atoms with E-state index in [4.69, 9.17) is 14.6 Å². The number of amides is 1. The van der Waals surface area contributed by atoms with Crippen molar-refractivity contribution in [2.24, 2.45) is 0 Å². The van der Waals surface area contributed by atoms with Crippen LogP contribution in [0.2, 0.25) is 0 Å². The highest BCUT2D eigenvalue weighted by atomic mass is 16.5. The predicted molar refractivity (Wildman–Crippen MR) is 122 cm³/mol. The maximum absolute atomic E-state index is 12.6. The van der Waals surface area contributed by atoms with Gasteiger partial charge in [-0.2, -0.15) is 0 Å². The van der Waals surface area contributed by atoms with Crippen molar-refractivity contribution in [2.75, 3.05) is 6.61 Å². The number of aliphatic hydroxyl groups is 1. The highest BCUT2D eigenvalue weighted by molar-refractivity contribution is 5.92. The van der Waals surface area contributed by atoms with Gasteiger partial charge in [-0.1, -0.05) is 18.0 Å². The molecular formula is C24H23N7O3. The summed E-state index contributed by atoms with van der Waals surface area (Å²) in [5.41, 5.74) is 3.81. The molecule has 4 heterocycles. The van der Waals surface area contributed by atoms with Crippen molar-refractivity contribution in [3.8, 4) is 23.4 Å². The molecule has 0 bridgehead atoms. The van der Waals surface area contributed by atoms with E-state index in [2.05, 4.69) is 49.2 Å². The van der Waals surface area contributed by atoms with Gasteiger partial charge < -0.3 is 19.9 Å². The van der Waals surface area contributed by atoms with Gasteiger partial charge in [-0.05, 0) is 37.8 Å². The maximum atomic E-state index is 12.6. The number of rotatable bonds is 6. The average Bonchev–Trinajstić information content (AvgIpc) is 3.25. The van der Waals surface area contributed by atoms with Crippen LogP contribution in [0, 0.1) is 11.8 Å². The minimum atomic E-state index is -0.462. The van der Waals surface area contributed by atoms with E-state index in [1.807, 2.05) is 12.1 Å². The summed E-state index contributed by atoms with van der Waals surface area (Å²) in [4.78, 5) is 33.2. The van der Waals surface area contributed by atoms with Gasteiger partial charge in [0, 0.05) is 29.7 Å². The van der Waals surface area contributed by atoms with Crippen molar-refractivity contribution >= 4 is 17.1 Å².